The summed E-state index contributed by atoms with van der Waals surface area (Å²) in [6.45, 7) is 4.69. The Hall–Kier alpha value is -2.92. The average molecular weight is 447 g/mol. The number of benzene rings is 1. The highest BCUT2D eigenvalue weighted by Gasteiger charge is 2.15. The Bertz CT molecular complexity index is 1020. The third-order valence-electron chi connectivity index (χ3n) is 4.07. The maximum Gasteiger partial charge on any atom is 0.251 e. The summed E-state index contributed by atoms with van der Waals surface area (Å²) in [5.74, 6) is 1.13. The van der Waals surface area contributed by atoms with Crippen LogP contribution in [0.1, 0.15) is 28.8 Å². The van der Waals surface area contributed by atoms with Crippen LogP contribution in [0.2, 0.25) is 0 Å². The summed E-state index contributed by atoms with van der Waals surface area (Å²) in [6.07, 6.45) is 0. The number of hydrogen-bond acceptors (Lipinski definition) is 8. The minimum atomic E-state index is -0.212. The van der Waals surface area contributed by atoms with E-state index in [1.807, 2.05) is 23.8 Å². The maximum atomic E-state index is 12.3. The molecular formula is C19H22N6O3S2. The number of nitrogens with one attached hydrogen (secondary N) is 2. The summed E-state index contributed by atoms with van der Waals surface area (Å²) >= 11 is 2.68. The molecule has 2 aromatic heterocycles. The summed E-state index contributed by atoms with van der Waals surface area (Å²) in [6, 6.07) is 6.86. The van der Waals surface area contributed by atoms with Crippen LogP contribution in [0.25, 0.3) is 0 Å². The number of amides is 2. The number of carbonyl (C=O) groups is 2. The second-order valence-electron chi connectivity index (χ2n) is 6.19. The fourth-order valence-corrected chi connectivity index (χ4v) is 4.10. The number of nitrogens with zero attached hydrogens (tertiary/aromatic N) is 4. The first kappa shape index (κ1) is 21.8. The summed E-state index contributed by atoms with van der Waals surface area (Å²) in [5, 5.41) is 17.0. The molecule has 0 aliphatic carbocycles. The lowest BCUT2D eigenvalue weighted by molar-refractivity contribution is -0.113. The lowest BCUT2D eigenvalue weighted by Gasteiger charge is -2.09. The molecule has 3 aromatic rings. The zero-order chi connectivity index (χ0) is 21.5. The first-order chi connectivity index (χ1) is 14.5. The molecule has 11 heteroatoms. The van der Waals surface area contributed by atoms with E-state index in [0.29, 0.717) is 34.0 Å². The van der Waals surface area contributed by atoms with Crippen LogP contribution in [0, 0.1) is 6.92 Å². The Balaban J connectivity index is 1.55. The van der Waals surface area contributed by atoms with Crippen LogP contribution in [-0.4, -0.2) is 44.4 Å². The number of anilines is 1. The van der Waals surface area contributed by atoms with Gasteiger partial charge in [0.05, 0.1) is 25.1 Å². The van der Waals surface area contributed by atoms with Crippen molar-refractivity contribution >= 4 is 40.0 Å². The van der Waals surface area contributed by atoms with Crippen LogP contribution in [-0.2, 0) is 17.9 Å². The van der Waals surface area contributed by atoms with Gasteiger partial charge in [-0.3, -0.25) is 9.59 Å². The van der Waals surface area contributed by atoms with Crippen LogP contribution in [0.5, 0.6) is 5.75 Å². The Morgan fingerprint density at radius 2 is 2.00 bits per heavy atom. The molecule has 0 saturated carbocycles. The topological polar surface area (TPSA) is 111 Å². The van der Waals surface area contributed by atoms with E-state index in [1.165, 1.54) is 23.1 Å². The molecule has 3 rings (SSSR count). The van der Waals surface area contributed by atoms with Crippen molar-refractivity contribution < 1.29 is 14.3 Å². The molecule has 0 aliphatic rings. The second kappa shape index (κ2) is 10.2. The first-order valence-electron chi connectivity index (χ1n) is 9.19. The van der Waals surface area contributed by atoms with Gasteiger partial charge in [-0.25, -0.2) is 4.98 Å². The SMILES string of the molecule is CCn1c(CNC(=O)c2ccc(OC)cc2)nnc1SCC(=O)Nc1nc(C)cs1. The highest BCUT2D eigenvalue weighted by molar-refractivity contribution is 7.99. The predicted molar refractivity (Wildman–Crippen MR) is 116 cm³/mol. The van der Waals surface area contributed by atoms with E-state index in [0.717, 1.165) is 5.69 Å². The number of ether oxygens (including phenoxy) is 1. The normalized spacial score (nSPS) is 10.6. The first-order valence-corrected chi connectivity index (χ1v) is 11.1. The van der Waals surface area contributed by atoms with Gasteiger partial charge in [0.25, 0.3) is 5.91 Å². The zero-order valence-electron chi connectivity index (χ0n) is 16.8. The highest BCUT2D eigenvalue weighted by Crippen LogP contribution is 2.19. The summed E-state index contributed by atoms with van der Waals surface area (Å²) in [7, 11) is 1.58. The predicted octanol–water partition coefficient (Wildman–Crippen LogP) is 2.73. The fourth-order valence-electron chi connectivity index (χ4n) is 2.57. The number of carbonyl (C=O) groups excluding carboxylic acids is 2. The third kappa shape index (κ3) is 5.57. The van der Waals surface area contributed by atoms with E-state index >= 15 is 0 Å². The van der Waals surface area contributed by atoms with Gasteiger partial charge in [0.1, 0.15) is 5.75 Å². The lowest BCUT2D eigenvalue weighted by Crippen LogP contribution is -2.24. The Morgan fingerprint density at radius 3 is 2.63 bits per heavy atom. The van der Waals surface area contributed by atoms with Gasteiger partial charge < -0.3 is 19.9 Å². The molecule has 30 heavy (non-hydrogen) atoms. The van der Waals surface area contributed by atoms with Gasteiger partial charge in [-0.1, -0.05) is 11.8 Å². The maximum absolute atomic E-state index is 12.3. The van der Waals surface area contributed by atoms with E-state index < -0.39 is 0 Å². The number of rotatable bonds is 9. The number of thiazole rings is 1. The van der Waals surface area contributed by atoms with Crippen molar-refractivity contribution in [2.75, 3.05) is 18.2 Å². The second-order valence-corrected chi connectivity index (χ2v) is 7.99. The van der Waals surface area contributed by atoms with Crippen molar-refractivity contribution in [3.05, 3.63) is 46.7 Å². The van der Waals surface area contributed by atoms with Crippen molar-refractivity contribution in [3.8, 4) is 5.75 Å². The van der Waals surface area contributed by atoms with Crippen LogP contribution in [0.3, 0.4) is 0 Å². The molecule has 2 heterocycles. The smallest absolute Gasteiger partial charge is 0.251 e. The lowest BCUT2D eigenvalue weighted by atomic mass is 10.2. The van der Waals surface area contributed by atoms with E-state index in [4.69, 9.17) is 4.74 Å². The van der Waals surface area contributed by atoms with E-state index in [2.05, 4.69) is 25.8 Å². The molecule has 0 spiro atoms. The zero-order valence-corrected chi connectivity index (χ0v) is 18.5. The molecule has 0 unspecified atom stereocenters. The van der Waals surface area contributed by atoms with E-state index in [1.54, 1.807) is 31.4 Å². The molecule has 1 aromatic carbocycles. The molecule has 0 atom stereocenters. The van der Waals surface area contributed by atoms with Gasteiger partial charge in [0.15, 0.2) is 16.1 Å². The van der Waals surface area contributed by atoms with Gasteiger partial charge in [-0.2, -0.15) is 0 Å². The average Bonchev–Trinajstić information content (AvgIpc) is 3.35. The third-order valence-corrected chi connectivity index (χ3v) is 5.91. The van der Waals surface area contributed by atoms with Crippen LogP contribution < -0.4 is 15.4 Å². The van der Waals surface area contributed by atoms with Gasteiger partial charge >= 0.3 is 0 Å². The Morgan fingerprint density at radius 1 is 1.23 bits per heavy atom. The standard InChI is InChI=1S/C19H22N6O3S2/c1-4-25-15(9-20-17(27)13-5-7-14(28-3)8-6-13)23-24-19(25)30-11-16(26)22-18-21-12(2)10-29-18/h5-8,10H,4,9,11H2,1-3H3,(H,20,27)(H,21,22,26). The largest absolute Gasteiger partial charge is 0.497 e. The summed E-state index contributed by atoms with van der Waals surface area (Å²) < 4.78 is 6.97. The molecule has 2 N–H and O–H groups in total. The number of aromatic nitrogens is 4. The molecule has 9 nitrogen and oxygen atoms in total. The minimum Gasteiger partial charge on any atom is -0.497 e. The summed E-state index contributed by atoms with van der Waals surface area (Å²) in [4.78, 5) is 28.7. The number of hydrogen-bond donors (Lipinski definition) is 2. The highest BCUT2D eigenvalue weighted by atomic mass is 32.2. The van der Waals surface area contributed by atoms with Crippen molar-refractivity contribution in [2.24, 2.45) is 0 Å². The molecule has 0 aliphatic heterocycles. The van der Waals surface area contributed by atoms with Crippen LogP contribution in [0.15, 0.2) is 34.8 Å². The van der Waals surface area contributed by atoms with Crippen LogP contribution in [0.4, 0.5) is 5.13 Å². The Kier molecular flexibility index (Phi) is 7.41. The van der Waals surface area contributed by atoms with Crippen molar-refractivity contribution in [2.45, 2.75) is 32.1 Å². The molecule has 0 bridgehead atoms. The molecule has 0 saturated heterocycles. The minimum absolute atomic E-state index is 0.158. The summed E-state index contributed by atoms with van der Waals surface area (Å²) in [5.41, 5.74) is 1.40. The van der Waals surface area contributed by atoms with Crippen molar-refractivity contribution in [1.29, 1.82) is 0 Å². The van der Waals surface area contributed by atoms with Crippen molar-refractivity contribution in [1.82, 2.24) is 25.1 Å². The van der Waals surface area contributed by atoms with E-state index in [-0.39, 0.29) is 24.1 Å². The van der Waals surface area contributed by atoms with Crippen LogP contribution >= 0.6 is 23.1 Å². The van der Waals surface area contributed by atoms with Gasteiger partial charge in [0, 0.05) is 17.5 Å². The molecule has 2 amide bonds. The van der Waals surface area contributed by atoms with Gasteiger partial charge in [-0.05, 0) is 38.1 Å². The fraction of sp³-hybridized carbons (Fsp3) is 0.316. The number of methoxy groups -OCH3 is 1. The van der Waals surface area contributed by atoms with Gasteiger partial charge in [-0.15, -0.1) is 21.5 Å². The Labute approximate surface area is 182 Å². The monoisotopic (exact) mass is 446 g/mol. The quantitative estimate of drug-likeness (QED) is 0.486. The molecule has 0 fully saturated rings. The van der Waals surface area contributed by atoms with E-state index in [9.17, 15) is 9.59 Å². The van der Waals surface area contributed by atoms with Crippen molar-refractivity contribution in [3.63, 3.8) is 0 Å². The van der Waals surface area contributed by atoms with Gasteiger partial charge in [0.2, 0.25) is 5.91 Å². The number of thioether (sulfide) groups is 1. The number of aryl methyl sites for hydroxylation is 1. The molecule has 158 valence electrons. The molecule has 0 radical (unpaired) electrons. The molecular weight excluding hydrogens is 424 g/mol.